The highest BCUT2D eigenvalue weighted by molar-refractivity contribution is 5.70. The molecule has 1 N–H and O–H groups in total. The van der Waals surface area contributed by atoms with Crippen molar-refractivity contribution in [3.05, 3.63) is 48.3 Å². The van der Waals surface area contributed by atoms with Crippen molar-refractivity contribution in [1.29, 1.82) is 0 Å². The summed E-state index contributed by atoms with van der Waals surface area (Å²) in [6.07, 6.45) is 4.37. The molecule has 0 radical (unpaired) electrons. The SMILES string of the molecule is C[C@@H]1CN(Cc2ccc(-c3ccccn3)nc2)CC[C@@H]1C(=O)O. The average Bonchev–Trinajstić information content (AvgIpc) is 2.56. The molecule has 1 aliphatic heterocycles. The van der Waals surface area contributed by atoms with Crippen molar-refractivity contribution in [2.45, 2.75) is 19.9 Å². The zero-order valence-electron chi connectivity index (χ0n) is 13.2. The lowest BCUT2D eigenvalue weighted by atomic mass is 9.87. The van der Waals surface area contributed by atoms with E-state index in [4.69, 9.17) is 0 Å². The molecule has 2 aromatic rings. The quantitative estimate of drug-likeness (QED) is 0.940. The van der Waals surface area contributed by atoms with Crippen LogP contribution in [0.3, 0.4) is 0 Å². The van der Waals surface area contributed by atoms with Crippen LogP contribution < -0.4 is 0 Å². The van der Waals surface area contributed by atoms with Gasteiger partial charge in [-0.1, -0.05) is 19.1 Å². The lowest BCUT2D eigenvalue weighted by Gasteiger charge is -2.34. The van der Waals surface area contributed by atoms with Crippen molar-refractivity contribution in [2.24, 2.45) is 11.8 Å². The average molecular weight is 311 g/mol. The van der Waals surface area contributed by atoms with Crippen molar-refractivity contribution in [1.82, 2.24) is 14.9 Å². The minimum atomic E-state index is -0.668. The van der Waals surface area contributed by atoms with Gasteiger partial charge >= 0.3 is 5.97 Å². The van der Waals surface area contributed by atoms with Gasteiger partial charge in [0.05, 0.1) is 17.3 Å². The number of hydrogen-bond donors (Lipinski definition) is 1. The second-order valence-corrected chi connectivity index (χ2v) is 6.21. The van der Waals surface area contributed by atoms with E-state index < -0.39 is 5.97 Å². The summed E-state index contributed by atoms with van der Waals surface area (Å²) >= 11 is 0. The molecule has 0 spiro atoms. The summed E-state index contributed by atoms with van der Waals surface area (Å²) in [6.45, 7) is 4.47. The molecule has 2 atom stereocenters. The third-order valence-corrected chi connectivity index (χ3v) is 4.46. The first kappa shape index (κ1) is 15.6. The van der Waals surface area contributed by atoms with Gasteiger partial charge in [0.1, 0.15) is 0 Å². The smallest absolute Gasteiger partial charge is 0.306 e. The molecule has 1 saturated heterocycles. The molecule has 0 saturated carbocycles. The molecule has 3 heterocycles. The van der Waals surface area contributed by atoms with Crippen LogP contribution >= 0.6 is 0 Å². The molecule has 3 rings (SSSR count). The molecule has 5 nitrogen and oxygen atoms in total. The fraction of sp³-hybridized carbons (Fsp3) is 0.389. The van der Waals surface area contributed by atoms with Crippen molar-refractivity contribution in [2.75, 3.05) is 13.1 Å². The van der Waals surface area contributed by atoms with Crippen LogP contribution in [0.25, 0.3) is 11.4 Å². The Balaban J connectivity index is 1.62. The van der Waals surface area contributed by atoms with Gasteiger partial charge in [-0.15, -0.1) is 0 Å². The standard InChI is InChI=1S/C18H21N3O2/c1-13-11-21(9-7-15(13)18(22)23)12-14-5-6-17(20-10-14)16-4-2-3-8-19-16/h2-6,8,10,13,15H,7,9,11-12H2,1H3,(H,22,23)/t13-,15+/m1/s1. The molecule has 0 aliphatic carbocycles. The lowest BCUT2D eigenvalue weighted by Crippen LogP contribution is -2.41. The van der Waals surface area contributed by atoms with Crippen molar-refractivity contribution in [3.8, 4) is 11.4 Å². The molecular weight excluding hydrogens is 290 g/mol. The predicted molar refractivity (Wildman–Crippen MR) is 87.7 cm³/mol. The van der Waals surface area contributed by atoms with Gasteiger partial charge < -0.3 is 5.11 Å². The highest BCUT2D eigenvalue weighted by Crippen LogP contribution is 2.24. The second-order valence-electron chi connectivity index (χ2n) is 6.21. The molecule has 23 heavy (non-hydrogen) atoms. The number of piperidine rings is 1. The number of likely N-dealkylation sites (tertiary alicyclic amines) is 1. The number of rotatable bonds is 4. The number of carboxylic acid groups (broad SMARTS) is 1. The lowest BCUT2D eigenvalue weighted by molar-refractivity contribution is -0.145. The summed E-state index contributed by atoms with van der Waals surface area (Å²) in [5.74, 6) is -0.698. The van der Waals surface area contributed by atoms with Gasteiger partial charge in [0, 0.05) is 25.5 Å². The monoisotopic (exact) mass is 311 g/mol. The topological polar surface area (TPSA) is 66.3 Å². The van der Waals surface area contributed by atoms with Crippen molar-refractivity contribution in [3.63, 3.8) is 0 Å². The molecule has 0 aromatic carbocycles. The third kappa shape index (κ3) is 3.74. The van der Waals surface area contributed by atoms with Crippen LogP contribution in [0.5, 0.6) is 0 Å². The molecule has 120 valence electrons. The molecular formula is C18H21N3O2. The summed E-state index contributed by atoms with van der Waals surface area (Å²) < 4.78 is 0. The Kier molecular flexibility index (Phi) is 4.67. The van der Waals surface area contributed by atoms with E-state index in [9.17, 15) is 9.90 Å². The summed E-state index contributed by atoms with van der Waals surface area (Å²) in [6, 6.07) is 9.85. The van der Waals surface area contributed by atoms with Gasteiger partial charge in [0.2, 0.25) is 0 Å². The van der Waals surface area contributed by atoms with Crippen LogP contribution in [0.1, 0.15) is 18.9 Å². The van der Waals surface area contributed by atoms with Crippen LogP contribution in [0, 0.1) is 11.8 Å². The van der Waals surface area contributed by atoms with Gasteiger partial charge in [0.15, 0.2) is 0 Å². The van der Waals surface area contributed by atoms with E-state index in [1.165, 1.54) is 0 Å². The van der Waals surface area contributed by atoms with E-state index in [0.29, 0.717) is 0 Å². The minimum absolute atomic E-state index is 0.182. The minimum Gasteiger partial charge on any atom is -0.481 e. The number of hydrogen-bond acceptors (Lipinski definition) is 4. The van der Waals surface area contributed by atoms with E-state index in [1.54, 1.807) is 6.20 Å². The predicted octanol–water partition coefficient (Wildman–Crippen LogP) is 2.69. The molecule has 1 fully saturated rings. The molecule has 0 unspecified atom stereocenters. The number of aromatic nitrogens is 2. The Bertz CT molecular complexity index is 658. The Morgan fingerprint density at radius 2 is 2.09 bits per heavy atom. The zero-order valence-corrected chi connectivity index (χ0v) is 13.2. The van der Waals surface area contributed by atoms with Gasteiger partial charge in [0.25, 0.3) is 0 Å². The van der Waals surface area contributed by atoms with Gasteiger partial charge in [-0.2, -0.15) is 0 Å². The number of pyridine rings is 2. The Hall–Kier alpha value is -2.27. The van der Waals surface area contributed by atoms with E-state index in [1.807, 2.05) is 37.4 Å². The zero-order chi connectivity index (χ0) is 16.2. The fourth-order valence-corrected chi connectivity index (χ4v) is 3.18. The first-order valence-corrected chi connectivity index (χ1v) is 7.95. The van der Waals surface area contributed by atoms with Gasteiger partial charge in [-0.25, -0.2) is 0 Å². The number of aliphatic carboxylic acids is 1. The molecule has 2 aromatic heterocycles. The summed E-state index contributed by atoms with van der Waals surface area (Å²) in [4.78, 5) is 22.3. The Labute approximate surface area is 136 Å². The Morgan fingerprint density at radius 3 is 2.70 bits per heavy atom. The van der Waals surface area contributed by atoms with Crippen LogP contribution in [0.4, 0.5) is 0 Å². The molecule has 0 bridgehead atoms. The number of nitrogens with zero attached hydrogens (tertiary/aromatic N) is 3. The third-order valence-electron chi connectivity index (χ3n) is 4.46. The van der Waals surface area contributed by atoms with E-state index >= 15 is 0 Å². The number of carboxylic acids is 1. The second kappa shape index (κ2) is 6.87. The molecule has 5 heteroatoms. The van der Waals surface area contributed by atoms with Gasteiger partial charge in [-0.3, -0.25) is 19.7 Å². The first-order valence-electron chi connectivity index (χ1n) is 7.95. The van der Waals surface area contributed by atoms with E-state index in [0.717, 1.165) is 43.0 Å². The summed E-state index contributed by atoms with van der Waals surface area (Å²) in [5.41, 5.74) is 2.88. The van der Waals surface area contributed by atoms with Gasteiger partial charge in [-0.05, 0) is 42.6 Å². The van der Waals surface area contributed by atoms with E-state index in [2.05, 4.69) is 20.9 Å². The highest BCUT2D eigenvalue weighted by atomic mass is 16.4. The summed E-state index contributed by atoms with van der Waals surface area (Å²) in [7, 11) is 0. The number of carbonyl (C=O) groups is 1. The maximum absolute atomic E-state index is 11.2. The van der Waals surface area contributed by atoms with E-state index in [-0.39, 0.29) is 11.8 Å². The van der Waals surface area contributed by atoms with Crippen molar-refractivity contribution < 1.29 is 9.90 Å². The summed E-state index contributed by atoms with van der Waals surface area (Å²) in [5, 5.41) is 9.19. The fourth-order valence-electron chi connectivity index (χ4n) is 3.18. The molecule has 1 aliphatic rings. The highest BCUT2D eigenvalue weighted by Gasteiger charge is 2.30. The maximum atomic E-state index is 11.2. The van der Waals surface area contributed by atoms with Crippen LogP contribution in [-0.4, -0.2) is 39.0 Å². The maximum Gasteiger partial charge on any atom is 0.306 e. The van der Waals surface area contributed by atoms with Crippen molar-refractivity contribution >= 4 is 5.97 Å². The van der Waals surface area contributed by atoms with Crippen LogP contribution in [-0.2, 0) is 11.3 Å². The largest absolute Gasteiger partial charge is 0.481 e. The first-order chi connectivity index (χ1) is 11.1. The Morgan fingerprint density at radius 1 is 1.26 bits per heavy atom. The van der Waals surface area contributed by atoms with Crippen LogP contribution in [0.2, 0.25) is 0 Å². The normalized spacial score (nSPS) is 22.0. The van der Waals surface area contributed by atoms with Crippen LogP contribution in [0.15, 0.2) is 42.7 Å². The molecule has 0 amide bonds.